The van der Waals surface area contributed by atoms with Crippen molar-refractivity contribution in [3.63, 3.8) is 0 Å². The first-order valence-electron chi connectivity index (χ1n) is 6.51. The first kappa shape index (κ1) is 12.0. The van der Waals surface area contributed by atoms with Crippen LogP contribution in [0.4, 0.5) is 0 Å². The largest absolute Gasteiger partial charge is 0.393 e. The Morgan fingerprint density at radius 3 is 2.43 bits per heavy atom. The molecule has 1 nitrogen and oxygen atoms in total. The van der Waals surface area contributed by atoms with Crippen LogP contribution in [0.5, 0.6) is 0 Å². The van der Waals surface area contributed by atoms with E-state index in [2.05, 4.69) is 6.92 Å². The second-order valence-corrected chi connectivity index (χ2v) is 4.89. The van der Waals surface area contributed by atoms with Gasteiger partial charge in [0.05, 0.1) is 6.10 Å². The van der Waals surface area contributed by atoms with E-state index in [1.165, 1.54) is 51.4 Å². The molecule has 14 heavy (non-hydrogen) atoms. The van der Waals surface area contributed by atoms with Crippen molar-refractivity contribution >= 4 is 0 Å². The fourth-order valence-electron chi connectivity index (χ4n) is 2.21. The van der Waals surface area contributed by atoms with Gasteiger partial charge in [-0.2, -0.15) is 0 Å². The molecular formula is C13H26O. The highest BCUT2D eigenvalue weighted by molar-refractivity contribution is 4.73. The molecule has 1 fully saturated rings. The molecule has 1 aliphatic carbocycles. The Morgan fingerprint density at radius 2 is 1.86 bits per heavy atom. The zero-order valence-electron chi connectivity index (χ0n) is 9.67. The van der Waals surface area contributed by atoms with E-state index in [0.29, 0.717) is 0 Å². The zero-order valence-corrected chi connectivity index (χ0v) is 9.67. The van der Waals surface area contributed by atoms with Crippen molar-refractivity contribution in [2.24, 2.45) is 5.92 Å². The van der Waals surface area contributed by atoms with Crippen LogP contribution in [0.2, 0.25) is 0 Å². The van der Waals surface area contributed by atoms with Crippen LogP contribution in [0.15, 0.2) is 0 Å². The minimum atomic E-state index is 0.00178. The normalized spacial score (nSPS) is 19.3. The maximum atomic E-state index is 9.74. The highest BCUT2D eigenvalue weighted by Gasteiger charge is 2.20. The van der Waals surface area contributed by atoms with Gasteiger partial charge in [0.25, 0.3) is 0 Å². The number of rotatable bonds is 8. The van der Waals surface area contributed by atoms with Gasteiger partial charge in [0.2, 0.25) is 0 Å². The molecule has 84 valence electrons. The van der Waals surface area contributed by atoms with Crippen molar-refractivity contribution in [1.29, 1.82) is 0 Å². The van der Waals surface area contributed by atoms with Gasteiger partial charge in [-0.05, 0) is 18.8 Å². The van der Waals surface area contributed by atoms with Crippen LogP contribution in [-0.4, -0.2) is 11.2 Å². The molecule has 0 bridgehead atoms. The van der Waals surface area contributed by atoms with E-state index in [4.69, 9.17) is 0 Å². The van der Waals surface area contributed by atoms with Gasteiger partial charge in [0.15, 0.2) is 0 Å². The summed E-state index contributed by atoms with van der Waals surface area (Å²) in [4.78, 5) is 0. The molecular weight excluding hydrogens is 172 g/mol. The van der Waals surface area contributed by atoms with Crippen molar-refractivity contribution in [3.8, 4) is 0 Å². The van der Waals surface area contributed by atoms with E-state index in [1.807, 2.05) is 0 Å². The molecule has 0 heterocycles. The Labute approximate surface area is 88.9 Å². The summed E-state index contributed by atoms with van der Waals surface area (Å²) in [6.07, 6.45) is 12.8. The predicted octanol–water partition coefficient (Wildman–Crippen LogP) is 3.90. The molecule has 0 aromatic heterocycles. The molecule has 1 atom stereocenters. The van der Waals surface area contributed by atoms with Gasteiger partial charge in [-0.1, -0.05) is 58.3 Å². The van der Waals surface area contributed by atoms with Crippen molar-refractivity contribution in [2.45, 2.75) is 77.2 Å². The summed E-state index contributed by atoms with van der Waals surface area (Å²) in [5, 5.41) is 9.74. The van der Waals surface area contributed by atoms with E-state index in [0.717, 1.165) is 18.8 Å². The number of hydrogen-bond acceptors (Lipinski definition) is 1. The monoisotopic (exact) mass is 198 g/mol. The van der Waals surface area contributed by atoms with Gasteiger partial charge >= 0.3 is 0 Å². The van der Waals surface area contributed by atoms with E-state index in [-0.39, 0.29) is 6.10 Å². The van der Waals surface area contributed by atoms with Crippen LogP contribution in [0.1, 0.15) is 71.1 Å². The Morgan fingerprint density at radius 1 is 1.14 bits per heavy atom. The molecule has 1 saturated carbocycles. The molecule has 0 aliphatic heterocycles. The Bertz CT molecular complexity index is 129. The zero-order chi connectivity index (χ0) is 10.2. The second kappa shape index (κ2) is 7.28. The van der Waals surface area contributed by atoms with E-state index < -0.39 is 0 Å². The molecule has 1 aliphatic rings. The SMILES string of the molecule is CCCCCCCC(O)CC1CCC1. The summed E-state index contributed by atoms with van der Waals surface area (Å²) in [7, 11) is 0. The minimum absolute atomic E-state index is 0.00178. The Balaban J connectivity index is 1.84. The first-order valence-corrected chi connectivity index (χ1v) is 6.51. The van der Waals surface area contributed by atoms with E-state index in [1.54, 1.807) is 0 Å². The molecule has 0 amide bonds. The number of unbranched alkanes of at least 4 members (excludes halogenated alkanes) is 4. The van der Waals surface area contributed by atoms with Crippen molar-refractivity contribution in [1.82, 2.24) is 0 Å². The highest BCUT2D eigenvalue weighted by atomic mass is 16.3. The van der Waals surface area contributed by atoms with Gasteiger partial charge in [-0.15, -0.1) is 0 Å². The summed E-state index contributed by atoms with van der Waals surface area (Å²) in [5.74, 6) is 0.862. The summed E-state index contributed by atoms with van der Waals surface area (Å²) >= 11 is 0. The van der Waals surface area contributed by atoms with Gasteiger partial charge < -0.3 is 5.11 Å². The third-order valence-electron chi connectivity index (χ3n) is 3.47. The standard InChI is InChI=1S/C13H26O/c1-2-3-4-5-6-10-13(14)11-12-8-7-9-12/h12-14H,2-11H2,1H3. The quantitative estimate of drug-likeness (QED) is 0.586. The minimum Gasteiger partial charge on any atom is -0.393 e. The third kappa shape index (κ3) is 4.99. The topological polar surface area (TPSA) is 20.2 Å². The lowest BCUT2D eigenvalue weighted by Gasteiger charge is -2.27. The summed E-state index contributed by atoms with van der Waals surface area (Å²) < 4.78 is 0. The van der Waals surface area contributed by atoms with Gasteiger partial charge in [0, 0.05) is 0 Å². The number of hydrogen-bond donors (Lipinski definition) is 1. The average Bonchev–Trinajstić information content (AvgIpc) is 2.11. The fourth-order valence-corrected chi connectivity index (χ4v) is 2.21. The molecule has 0 radical (unpaired) electrons. The maximum absolute atomic E-state index is 9.74. The number of aliphatic hydroxyl groups is 1. The average molecular weight is 198 g/mol. The van der Waals surface area contributed by atoms with Gasteiger partial charge in [-0.25, -0.2) is 0 Å². The molecule has 1 rings (SSSR count). The molecule has 1 N–H and O–H groups in total. The van der Waals surface area contributed by atoms with Crippen LogP contribution >= 0.6 is 0 Å². The molecule has 0 aromatic rings. The molecule has 1 unspecified atom stereocenters. The van der Waals surface area contributed by atoms with Gasteiger partial charge in [-0.3, -0.25) is 0 Å². The van der Waals surface area contributed by atoms with Crippen molar-refractivity contribution < 1.29 is 5.11 Å². The van der Waals surface area contributed by atoms with Crippen molar-refractivity contribution in [3.05, 3.63) is 0 Å². The Kier molecular flexibility index (Phi) is 6.25. The molecule has 0 aromatic carbocycles. The van der Waals surface area contributed by atoms with Crippen LogP contribution in [0, 0.1) is 5.92 Å². The lowest BCUT2D eigenvalue weighted by molar-refractivity contribution is 0.107. The van der Waals surface area contributed by atoms with Crippen LogP contribution in [0.25, 0.3) is 0 Å². The first-order chi connectivity index (χ1) is 6.83. The summed E-state index contributed by atoms with van der Waals surface area (Å²) in [6.45, 7) is 2.24. The smallest absolute Gasteiger partial charge is 0.0542 e. The van der Waals surface area contributed by atoms with E-state index in [9.17, 15) is 5.11 Å². The highest BCUT2D eigenvalue weighted by Crippen LogP contribution is 2.31. The second-order valence-electron chi connectivity index (χ2n) is 4.89. The van der Waals surface area contributed by atoms with Crippen LogP contribution < -0.4 is 0 Å². The molecule has 1 heteroatoms. The van der Waals surface area contributed by atoms with Gasteiger partial charge in [0.1, 0.15) is 0 Å². The lowest BCUT2D eigenvalue weighted by Crippen LogP contribution is -2.19. The van der Waals surface area contributed by atoms with Crippen LogP contribution in [-0.2, 0) is 0 Å². The van der Waals surface area contributed by atoms with Crippen molar-refractivity contribution in [2.75, 3.05) is 0 Å². The molecule has 0 saturated heterocycles. The lowest BCUT2D eigenvalue weighted by atomic mass is 9.81. The third-order valence-corrected chi connectivity index (χ3v) is 3.47. The fraction of sp³-hybridized carbons (Fsp3) is 1.00. The Hall–Kier alpha value is -0.0400. The maximum Gasteiger partial charge on any atom is 0.0542 e. The summed E-state index contributed by atoms with van der Waals surface area (Å²) in [5.41, 5.74) is 0. The molecule has 0 spiro atoms. The number of aliphatic hydroxyl groups excluding tert-OH is 1. The predicted molar refractivity (Wildman–Crippen MR) is 61.3 cm³/mol. The van der Waals surface area contributed by atoms with E-state index >= 15 is 0 Å². The van der Waals surface area contributed by atoms with Crippen LogP contribution in [0.3, 0.4) is 0 Å². The summed E-state index contributed by atoms with van der Waals surface area (Å²) in [6, 6.07) is 0.